The van der Waals surface area contributed by atoms with Gasteiger partial charge in [0.1, 0.15) is 0 Å². The number of nitrogen functional groups attached to an aromatic ring is 1. The average Bonchev–Trinajstić information content (AvgIpc) is 2.92. The Balaban J connectivity index is 1.84. The second-order valence-electron chi connectivity index (χ2n) is 6.04. The first-order chi connectivity index (χ1) is 10.1. The number of amides is 1. The maximum atomic E-state index is 12.8. The van der Waals surface area contributed by atoms with Crippen LogP contribution >= 0.6 is 0 Å². The third-order valence-electron chi connectivity index (χ3n) is 4.66. The van der Waals surface area contributed by atoms with Crippen molar-refractivity contribution in [1.82, 2.24) is 4.90 Å². The van der Waals surface area contributed by atoms with Crippen LogP contribution in [0.1, 0.15) is 43.0 Å². The van der Waals surface area contributed by atoms with Crippen molar-refractivity contribution in [2.45, 2.75) is 38.6 Å². The second-order valence-corrected chi connectivity index (χ2v) is 6.04. The summed E-state index contributed by atoms with van der Waals surface area (Å²) in [5, 5.41) is 0. The number of nitrogens with zero attached hydrogens (tertiary/aromatic N) is 1. The van der Waals surface area contributed by atoms with Crippen LogP contribution in [0.25, 0.3) is 0 Å². The van der Waals surface area contributed by atoms with Crippen LogP contribution in [0.4, 0.5) is 5.69 Å². The van der Waals surface area contributed by atoms with Crippen LogP contribution in [0, 0.1) is 5.92 Å². The summed E-state index contributed by atoms with van der Waals surface area (Å²) in [5.74, 6) is 1.70. The highest BCUT2D eigenvalue weighted by atomic mass is 16.7. The van der Waals surface area contributed by atoms with Crippen LogP contribution < -0.4 is 15.2 Å². The lowest BCUT2D eigenvalue weighted by Crippen LogP contribution is -2.42. The Morgan fingerprint density at radius 1 is 1.24 bits per heavy atom. The largest absolute Gasteiger partial charge is 0.454 e. The Bertz CT molecular complexity index is 559. The molecule has 2 atom stereocenters. The molecule has 0 saturated heterocycles. The maximum Gasteiger partial charge on any atom is 0.256 e. The molecular weight excluding hydrogens is 268 g/mol. The molecule has 21 heavy (non-hydrogen) atoms. The Hall–Kier alpha value is -1.91. The van der Waals surface area contributed by atoms with Crippen LogP contribution in [-0.4, -0.2) is 30.7 Å². The first kappa shape index (κ1) is 14.0. The highest BCUT2D eigenvalue weighted by Crippen LogP contribution is 2.37. The van der Waals surface area contributed by atoms with E-state index >= 15 is 0 Å². The minimum atomic E-state index is -0.0375. The monoisotopic (exact) mass is 290 g/mol. The van der Waals surface area contributed by atoms with Gasteiger partial charge in [0.25, 0.3) is 5.91 Å². The van der Waals surface area contributed by atoms with Crippen molar-refractivity contribution < 1.29 is 14.3 Å². The van der Waals surface area contributed by atoms with Gasteiger partial charge in [0.15, 0.2) is 11.5 Å². The van der Waals surface area contributed by atoms with Crippen LogP contribution in [0.3, 0.4) is 0 Å². The van der Waals surface area contributed by atoms with E-state index < -0.39 is 0 Å². The smallest absolute Gasteiger partial charge is 0.256 e. The minimum absolute atomic E-state index is 0.0375. The molecule has 1 aromatic carbocycles. The standard InChI is InChI=1S/C16H22N2O3/c1-10-5-3-4-6-13(10)18(2)16(19)11-7-14-15(8-12(11)17)21-9-20-14/h7-8,10,13H,3-6,9,17H2,1-2H3. The fourth-order valence-electron chi connectivity index (χ4n) is 3.36. The molecule has 1 aliphatic carbocycles. The van der Waals surface area contributed by atoms with Gasteiger partial charge in [-0.25, -0.2) is 0 Å². The molecule has 0 aromatic heterocycles. The van der Waals surface area contributed by atoms with E-state index in [4.69, 9.17) is 15.2 Å². The summed E-state index contributed by atoms with van der Waals surface area (Å²) in [4.78, 5) is 14.6. The van der Waals surface area contributed by atoms with Crippen LogP contribution in [0.5, 0.6) is 11.5 Å². The summed E-state index contributed by atoms with van der Waals surface area (Å²) in [6.07, 6.45) is 4.68. The van der Waals surface area contributed by atoms with Crippen molar-refractivity contribution in [2.75, 3.05) is 19.6 Å². The summed E-state index contributed by atoms with van der Waals surface area (Å²) in [7, 11) is 1.87. The van der Waals surface area contributed by atoms with Gasteiger partial charge in [-0.2, -0.15) is 0 Å². The number of rotatable bonds is 2. The van der Waals surface area contributed by atoms with Gasteiger partial charge in [0.2, 0.25) is 6.79 Å². The Labute approximate surface area is 125 Å². The van der Waals surface area contributed by atoms with E-state index in [1.54, 1.807) is 12.1 Å². The molecule has 1 aromatic rings. The quantitative estimate of drug-likeness (QED) is 0.850. The first-order valence-electron chi connectivity index (χ1n) is 7.54. The van der Waals surface area contributed by atoms with Crippen molar-refractivity contribution in [2.24, 2.45) is 5.92 Å². The van der Waals surface area contributed by atoms with Crippen LogP contribution in [0.2, 0.25) is 0 Å². The molecule has 5 nitrogen and oxygen atoms in total. The predicted molar refractivity (Wildman–Crippen MR) is 80.5 cm³/mol. The van der Waals surface area contributed by atoms with E-state index in [0.717, 1.165) is 6.42 Å². The summed E-state index contributed by atoms with van der Waals surface area (Å²) in [5.41, 5.74) is 6.96. The lowest BCUT2D eigenvalue weighted by molar-refractivity contribution is 0.0629. The summed E-state index contributed by atoms with van der Waals surface area (Å²) in [6.45, 7) is 2.40. The molecule has 3 rings (SSSR count). The Morgan fingerprint density at radius 3 is 2.62 bits per heavy atom. The average molecular weight is 290 g/mol. The molecule has 0 radical (unpaired) electrons. The van der Waals surface area contributed by atoms with Crippen molar-refractivity contribution in [1.29, 1.82) is 0 Å². The molecule has 1 aliphatic heterocycles. The van der Waals surface area contributed by atoms with E-state index in [1.807, 2.05) is 11.9 Å². The van der Waals surface area contributed by atoms with Gasteiger partial charge in [-0.3, -0.25) is 4.79 Å². The zero-order valence-corrected chi connectivity index (χ0v) is 12.6. The lowest BCUT2D eigenvalue weighted by atomic mass is 9.85. The summed E-state index contributed by atoms with van der Waals surface area (Å²) in [6, 6.07) is 3.66. The van der Waals surface area contributed by atoms with Gasteiger partial charge < -0.3 is 20.1 Å². The van der Waals surface area contributed by atoms with Crippen molar-refractivity contribution in [3.8, 4) is 11.5 Å². The van der Waals surface area contributed by atoms with E-state index in [1.165, 1.54) is 19.3 Å². The predicted octanol–water partition coefficient (Wildman–Crippen LogP) is 2.65. The van der Waals surface area contributed by atoms with E-state index in [2.05, 4.69) is 6.92 Å². The van der Waals surface area contributed by atoms with Gasteiger partial charge in [-0.15, -0.1) is 0 Å². The molecule has 5 heteroatoms. The topological polar surface area (TPSA) is 64.8 Å². The molecule has 2 unspecified atom stereocenters. The number of ether oxygens (including phenoxy) is 2. The van der Waals surface area contributed by atoms with Crippen LogP contribution in [0.15, 0.2) is 12.1 Å². The number of anilines is 1. The van der Waals surface area contributed by atoms with Gasteiger partial charge in [-0.05, 0) is 24.8 Å². The SMILES string of the molecule is CC1CCCCC1N(C)C(=O)c1cc2c(cc1N)OCO2. The molecule has 114 valence electrons. The number of hydrogen-bond donors (Lipinski definition) is 1. The summed E-state index contributed by atoms with van der Waals surface area (Å²) >= 11 is 0. The third kappa shape index (κ3) is 2.52. The number of carbonyl (C=O) groups excluding carboxylic acids is 1. The Kier molecular flexibility index (Phi) is 3.66. The molecule has 1 saturated carbocycles. The molecule has 2 N–H and O–H groups in total. The first-order valence-corrected chi connectivity index (χ1v) is 7.54. The number of carbonyl (C=O) groups is 1. The van der Waals surface area contributed by atoms with Gasteiger partial charge in [-0.1, -0.05) is 19.8 Å². The van der Waals surface area contributed by atoms with E-state index in [0.29, 0.717) is 28.7 Å². The highest BCUT2D eigenvalue weighted by Gasteiger charge is 2.30. The molecule has 0 spiro atoms. The molecule has 1 amide bonds. The zero-order valence-electron chi connectivity index (χ0n) is 12.6. The van der Waals surface area contributed by atoms with E-state index in [9.17, 15) is 4.79 Å². The summed E-state index contributed by atoms with van der Waals surface area (Å²) < 4.78 is 10.6. The second kappa shape index (κ2) is 5.47. The zero-order chi connectivity index (χ0) is 15.0. The fraction of sp³-hybridized carbons (Fsp3) is 0.562. The van der Waals surface area contributed by atoms with E-state index in [-0.39, 0.29) is 18.7 Å². The molecular formula is C16H22N2O3. The van der Waals surface area contributed by atoms with Crippen molar-refractivity contribution in [3.05, 3.63) is 17.7 Å². The van der Waals surface area contributed by atoms with Crippen molar-refractivity contribution >= 4 is 11.6 Å². The number of hydrogen-bond acceptors (Lipinski definition) is 4. The van der Waals surface area contributed by atoms with Crippen LogP contribution in [-0.2, 0) is 0 Å². The molecule has 1 heterocycles. The molecule has 0 bridgehead atoms. The molecule has 2 aliphatic rings. The fourth-order valence-corrected chi connectivity index (χ4v) is 3.36. The number of benzene rings is 1. The number of fused-ring (bicyclic) bond motifs is 1. The lowest BCUT2D eigenvalue weighted by Gasteiger charge is -2.36. The maximum absolute atomic E-state index is 12.8. The van der Waals surface area contributed by atoms with Gasteiger partial charge in [0, 0.05) is 24.8 Å². The van der Waals surface area contributed by atoms with Crippen molar-refractivity contribution in [3.63, 3.8) is 0 Å². The highest BCUT2D eigenvalue weighted by molar-refractivity contribution is 6.00. The molecule has 1 fully saturated rings. The third-order valence-corrected chi connectivity index (χ3v) is 4.66. The normalized spacial score (nSPS) is 23.9. The number of nitrogens with two attached hydrogens (primary N) is 1. The van der Waals surface area contributed by atoms with Gasteiger partial charge in [0.05, 0.1) is 5.56 Å². The minimum Gasteiger partial charge on any atom is -0.454 e. The Morgan fingerprint density at radius 2 is 1.90 bits per heavy atom. The van der Waals surface area contributed by atoms with Gasteiger partial charge >= 0.3 is 0 Å².